The van der Waals surface area contributed by atoms with Crippen LogP contribution in [-0.4, -0.2) is 38.8 Å². The summed E-state index contributed by atoms with van der Waals surface area (Å²) < 4.78 is 4.73. The summed E-state index contributed by atoms with van der Waals surface area (Å²) in [5, 5.41) is 12.0. The van der Waals surface area contributed by atoms with Gasteiger partial charge in [-0.1, -0.05) is 0 Å². The van der Waals surface area contributed by atoms with Crippen LogP contribution in [0, 0.1) is 23.1 Å². The van der Waals surface area contributed by atoms with Crippen molar-refractivity contribution < 1.29 is 14.3 Å². The van der Waals surface area contributed by atoms with E-state index in [-0.39, 0.29) is 24.5 Å². The molecular weight excluding hydrogens is 353 g/mol. The van der Waals surface area contributed by atoms with E-state index >= 15 is 0 Å². The number of nitrogens with zero attached hydrogens (tertiary/aromatic N) is 2. The van der Waals surface area contributed by atoms with Gasteiger partial charge >= 0.3 is 5.97 Å². The monoisotopic (exact) mass is 381 g/mol. The Balaban J connectivity index is 1.46. The predicted octanol–water partition coefficient (Wildman–Crippen LogP) is 3.37. The third-order valence-corrected chi connectivity index (χ3v) is 6.08. The molecule has 0 unspecified atom stereocenters. The number of ether oxygens (including phenoxy) is 1. The van der Waals surface area contributed by atoms with Gasteiger partial charge in [0, 0.05) is 42.8 Å². The van der Waals surface area contributed by atoms with Gasteiger partial charge in [-0.05, 0) is 68.5 Å². The average molecular weight is 381 g/mol. The third-order valence-electron chi connectivity index (χ3n) is 6.08. The molecule has 1 aliphatic heterocycles. The molecule has 1 aromatic carbocycles. The molecule has 148 valence electrons. The largest absolute Gasteiger partial charge is 0.469 e. The summed E-state index contributed by atoms with van der Waals surface area (Å²) in [4.78, 5) is 26.2. The summed E-state index contributed by atoms with van der Waals surface area (Å²) in [5.74, 6) is 2.61. The Morgan fingerprint density at radius 3 is 2.39 bits per heavy atom. The van der Waals surface area contributed by atoms with Crippen LogP contribution >= 0.6 is 0 Å². The summed E-state index contributed by atoms with van der Waals surface area (Å²) in [6.45, 7) is 1.98. The zero-order chi connectivity index (χ0) is 19.9. The summed E-state index contributed by atoms with van der Waals surface area (Å²) in [6.07, 6.45) is 5.70. The van der Waals surface area contributed by atoms with Gasteiger partial charge in [0.25, 0.3) is 6.71 Å². The number of nitrogens with one attached hydrogen (secondary N) is 1. The molecular formula is C21H28BN3O3. The molecule has 1 aliphatic carbocycles. The molecule has 0 aromatic heterocycles. The SMILES string of the molecule is COC(=O)CC1CCC(C(=O)Nc2ccc(N3CCB(C#N)CC3)cc2)CC1. The topological polar surface area (TPSA) is 82.4 Å². The van der Waals surface area contributed by atoms with E-state index < -0.39 is 0 Å². The van der Waals surface area contributed by atoms with Crippen LogP contribution in [0.25, 0.3) is 0 Å². The van der Waals surface area contributed by atoms with Gasteiger partial charge in [0.05, 0.1) is 7.11 Å². The van der Waals surface area contributed by atoms with E-state index in [0.717, 1.165) is 62.8 Å². The van der Waals surface area contributed by atoms with Crippen LogP contribution < -0.4 is 10.2 Å². The van der Waals surface area contributed by atoms with Gasteiger partial charge in [-0.15, -0.1) is 0 Å². The molecule has 0 atom stereocenters. The number of carbonyl (C=O) groups is 2. The normalized spacial score (nSPS) is 22.3. The van der Waals surface area contributed by atoms with Crippen molar-refractivity contribution >= 4 is 30.0 Å². The molecule has 2 fully saturated rings. The van der Waals surface area contributed by atoms with Crippen molar-refractivity contribution in [1.29, 1.82) is 5.26 Å². The van der Waals surface area contributed by atoms with E-state index in [4.69, 9.17) is 10.00 Å². The Kier molecular flexibility index (Phi) is 6.97. The highest BCUT2D eigenvalue weighted by molar-refractivity contribution is 6.67. The Bertz CT molecular complexity index is 715. The quantitative estimate of drug-likeness (QED) is 0.625. The number of hydrogen-bond acceptors (Lipinski definition) is 5. The van der Waals surface area contributed by atoms with E-state index in [9.17, 15) is 9.59 Å². The van der Waals surface area contributed by atoms with Gasteiger partial charge in [0.1, 0.15) is 0 Å². The number of carbonyl (C=O) groups excluding carboxylic acids is 2. The maximum Gasteiger partial charge on any atom is 0.305 e. The fourth-order valence-corrected chi connectivity index (χ4v) is 4.21. The Labute approximate surface area is 167 Å². The number of anilines is 2. The molecule has 1 saturated heterocycles. The molecule has 6 nitrogen and oxygen atoms in total. The number of benzene rings is 1. The number of amides is 1. The second-order valence-corrected chi connectivity index (χ2v) is 7.92. The Morgan fingerprint density at radius 1 is 1.18 bits per heavy atom. The van der Waals surface area contributed by atoms with E-state index in [0.29, 0.717) is 12.3 Å². The van der Waals surface area contributed by atoms with Crippen molar-refractivity contribution in [2.45, 2.75) is 44.7 Å². The molecule has 1 amide bonds. The molecule has 3 rings (SSSR count). The summed E-state index contributed by atoms with van der Waals surface area (Å²) in [7, 11) is 1.42. The third kappa shape index (κ3) is 5.28. The first-order valence-electron chi connectivity index (χ1n) is 10.2. The minimum atomic E-state index is -0.162. The molecule has 1 saturated carbocycles. The van der Waals surface area contributed by atoms with Gasteiger partial charge in [-0.25, -0.2) is 5.26 Å². The van der Waals surface area contributed by atoms with Crippen molar-refractivity contribution in [2.24, 2.45) is 11.8 Å². The Morgan fingerprint density at radius 2 is 1.82 bits per heavy atom. The van der Waals surface area contributed by atoms with Crippen LogP contribution in [0.4, 0.5) is 11.4 Å². The maximum atomic E-state index is 12.6. The molecule has 1 heterocycles. The number of nitriles is 1. The van der Waals surface area contributed by atoms with Crippen molar-refractivity contribution in [3.05, 3.63) is 24.3 Å². The van der Waals surface area contributed by atoms with E-state index in [1.54, 1.807) is 0 Å². The fraction of sp³-hybridized carbons (Fsp3) is 0.571. The maximum absolute atomic E-state index is 12.6. The van der Waals surface area contributed by atoms with Gasteiger partial charge in [0.15, 0.2) is 0 Å². The smallest absolute Gasteiger partial charge is 0.305 e. The van der Waals surface area contributed by atoms with E-state index in [1.165, 1.54) is 7.11 Å². The average Bonchev–Trinajstić information content (AvgIpc) is 2.74. The Hall–Kier alpha value is -2.49. The molecule has 0 spiro atoms. The fourth-order valence-electron chi connectivity index (χ4n) is 4.21. The minimum Gasteiger partial charge on any atom is -0.469 e. The van der Waals surface area contributed by atoms with Crippen LogP contribution in [-0.2, 0) is 14.3 Å². The molecule has 1 aromatic rings. The summed E-state index contributed by atoms with van der Waals surface area (Å²) >= 11 is 0. The zero-order valence-corrected chi connectivity index (χ0v) is 16.5. The number of hydrogen-bond donors (Lipinski definition) is 1. The number of rotatable bonds is 5. The van der Waals surface area contributed by atoms with E-state index in [1.807, 2.05) is 24.3 Å². The number of esters is 1. The predicted molar refractivity (Wildman–Crippen MR) is 110 cm³/mol. The van der Waals surface area contributed by atoms with Gasteiger partial charge in [0.2, 0.25) is 5.91 Å². The molecule has 1 N–H and O–H groups in total. The first-order chi connectivity index (χ1) is 13.6. The zero-order valence-electron chi connectivity index (χ0n) is 16.5. The minimum absolute atomic E-state index is 0.0126. The van der Waals surface area contributed by atoms with Gasteiger partial charge in [-0.2, -0.15) is 0 Å². The van der Waals surface area contributed by atoms with E-state index in [2.05, 4.69) is 16.2 Å². The lowest BCUT2D eigenvalue weighted by molar-refractivity contribution is -0.142. The summed E-state index contributed by atoms with van der Waals surface area (Å²) in [6, 6.07) is 7.98. The molecule has 0 radical (unpaired) electrons. The second-order valence-electron chi connectivity index (χ2n) is 7.92. The highest BCUT2D eigenvalue weighted by Gasteiger charge is 2.28. The molecule has 2 aliphatic rings. The molecule has 0 bridgehead atoms. The summed E-state index contributed by atoms with van der Waals surface area (Å²) in [5.41, 5.74) is 1.95. The molecule has 28 heavy (non-hydrogen) atoms. The van der Waals surface area contributed by atoms with Crippen LogP contribution in [0.5, 0.6) is 0 Å². The van der Waals surface area contributed by atoms with Crippen LogP contribution in [0.15, 0.2) is 24.3 Å². The van der Waals surface area contributed by atoms with Crippen LogP contribution in [0.3, 0.4) is 0 Å². The van der Waals surface area contributed by atoms with Crippen molar-refractivity contribution in [3.63, 3.8) is 0 Å². The van der Waals surface area contributed by atoms with Crippen molar-refractivity contribution in [3.8, 4) is 5.97 Å². The standard InChI is InChI=1S/C21H28BN3O3/c1-28-20(26)14-16-2-4-17(5-3-16)21(27)24-18-6-8-19(9-7-18)25-12-10-22(15-23)11-13-25/h6-9,16-17H,2-5,10-14H2,1H3,(H,24,27). The van der Waals surface area contributed by atoms with Crippen LogP contribution in [0.1, 0.15) is 32.1 Å². The first kappa shape index (κ1) is 20.3. The van der Waals surface area contributed by atoms with Gasteiger partial charge in [-0.3, -0.25) is 9.59 Å². The lowest BCUT2D eigenvalue weighted by atomic mass is 9.45. The second kappa shape index (κ2) is 9.63. The van der Waals surface area contributed by atoms with Crippen LogP contribution in [0.2, 0.25) is 12.6 Å². The van der Waals surface area contributed by atoms with Gasteiger partial charge < -0.3 is 15.0 Å². The highest BCUT2D eigenvalue weighted by atomic mass is 16.5. The first-order valence-corrected chi connectivity index (χ1v) is 10.2. The highest BCUT2D eigenvalue weighted by Crippen LogP contribution is 2.32. The molecule has 7 heteroatoms. The van der Waals surface area contributed by atoms with Crippen molar-refractivity contribution in [2.75, 3.05) is 30.4 Å². The lowest BCUT2D eigenvalue weighted by Gasteiger charge is -2.30. The van der Waals surface area contributed by atoms with Crippen molar-refractivity contribution in [1.82, 2.24) is 0 Å². The number of methoxy groups -OCH3 is 1. The lowest BCUT2D eigenvalue weighted by Crippen LogP contribution is -2.36.